The van der Waals surface area contributed by atoms with E-state index in [1.165, 1.54) is 6.08 Å². The number of anilines is 1. The monoisotopic (exact) mass is 431 g/mol. The number of phenols is 1. The van der Waals surface area contributed by atoms with Crippen molar-refractivity contribution in [1.82, 2.24) is 0 Å². The van der Waals surface area contributed by atoms with E-state index in [-0.39, 0.29) is 11.7 Å². The quantitative estimate of drug-likeness (QED) is 0.377. The molecular weight excluding hydrogens is 406 g/mol. The summed E-state index contributed by atoms with van der Waals surface area (Å²) < 4.78 is 16.1. The number of amides is 1. The van der Waals surface area contributed by atoms with Crippen LogP contribution in [-0.2, 0) is 4.79 Å². The summed E-state index contributed by atoms with van der Waals surface area (Å²) in [6.07, 6.45) is 6.92. The molecule has 0 heterocycles. The molecule has 6 heteroatoms. The molecular formula is C26H25NO5. The first-order valence-corrected chi connectivity index (χ1v) is 9.88. The Labute approximate surface area is 187 Å². The molecule has 3 rings (SSSR count). The lowest BCUT2D eigenvalue weighted by molar-refractivity contribution is -0.111. The van der Waals surface area contributed by atoms with Gasteiger partial charge in [-0.1, -0.05) is 36.4 Å². The van der Waals surface area contributed by atoms with Crippen molar-refractivity contribution in [2.45, 2.75) is 0 Å². The molecule has 0 aromatic heterocycles. The summed E-state index contributed by atoms with van der Waals surface area (Å²) in [5.74, 6) is 1.57. The summed E-state index contributed by atoms with van der Waals surface area (Å²) in [5.41, 5.74) is 3.20. The number of methoxy groups -OCH3 is 3. The Balaban J connectivity index is 1.72. The summed E-state index contributed by atoms with van der Waals surface area (Å²) >= 11 is 0. The lowest BCUT2D eigenvalue weighted by atomic mass is 10.1. The smallest absolute Gasteiger partial charge is 0.248 e. The summed E-state index contributed by atoms with van der Waals surface area (Å²) in [6, 6.07) is 17.9. The van der Waals surface area contributed by atoms with E-state index in [2.05, 4.69) is 5.32 Å². The lowest BCUT2D eigenvalue weighted by Crippen LogP contribution is -2.07. The predicted octanol–water partition coefficient (Wildman–Crippen LogP) is 5.24. The molecule has 32 heavy (non-hydrogen) atoms. The standard InChI is InChI=1S/C26H25NO5/c1-30-23-16-20(17-24(31-2)26(23)32-3)11-10-18-6-4-8-21(14-18)27-25(29)13-12-19-7-5-9-22(28)15-19/h4-17,28H,1-3H3,(H,27,29)/b11-10?,13-12+. The van der Waals surface area contributed by atoms with Crippen molar-refractivity contribution < 1.29 is 24.1 Å². The fourth-order valence-corrected chi connectivity index (χ4v) is 3.09. The van der Waals surface area contributed by atoms with Crippen molar-refractivity contribution in [1.29, 1.82) is 0 Å². The van der Waals surface area contributed by atoms with Crippen LogP contribution in [0.1, 0.15) is 16.7 Å². The first kappa shape index (κ1) is 22.5. The molecule has 0 aliphatic heterocycles. The van der Waals surface area contributed by atoms with Crippen LogP contribution in [0.4, 0.5) is 5.69 Å². The molecule has 0 aliphatic carbocycles. The highest BCUT2D eigenvalue weighted by atomic mass is 16.5. The van der Waals surface area contributed by atoms with E-state index >= 15 is 0 Å². The highest BCUT2D eigenvalue weighted by Gasteiger charge is 2.12. The van der Waals surface area contributed by atoms with Crippen LogP contribution in [0.15, 0.2) is 66.7 Å². The second-order valence-corrected chi connectivity index (χ2v) is 6.84. The van der Waals surface area contributed by atoms with Gasteiger partial charge in [0.05, 0.1) is 21.3 Å². The van der Waals surface area contributed by atoms with Crippen molar-refractivity contribution in [2.24, 2.45) is 0 Å². The summed E-state index contributed by atoms with van der Waals surface area (Å²) in [4.78, 5) is 12.2. The van der Waals surface area contributed by atoms with Gasteiger partial charge in [0, 0.05) is 11.8 Å². The van der Waals surface area contributed by atoms with Crippen LogP contribution in [0.5, 0.6) is 23.0 Å². The molecule has 6 nitrogen and oxygen atoms in total. The van der Waals surface area contributed by atoms with E-state index in [0.29, 0.717) is 22.9 Å². The Morgan fingerprint density at radius 1 is 0.781 bits per heavy atom. The van der Waals surface area contributed by atoms with Crippen LogP contribution in [-0.4, -0.2) is 32.3 Å². The predicted molar refractivity (Wildman–Crippen MR) is 127 cm³/mol. The first-order chi connectivity index (χ1) is 15.5. The number of benzene rings is 3. The van der Waals surface area contributed by atoms with Crippen LogP contribution in [0.25, 0.3) is 18.2 Å². The first-order valence-electron chi connectivity index (χ1n) is 9.88. The zero-order valence-corrected chi connectivity index (χ0v) is 18.2. The van der Waals surface area contributed by atoms with Crippen molar-refractivity contribution in [3.05, 3.63) is 83.4 Å². The zero-order valence-electron chi connectivity index (χ0n) is 18.2. The van der Waals surface area contributed by atoms with Gasteiger partial charge in [0.25, 0.3) is 0 Å². The van der Waals surface area contributed by atoms with E-state index < -0.39 is 0 Å². The molecule has 0 aliphatic rings. The minimum Gasteiger partial charge on any atom is -0.508 e. The third-order valence-electron chi connectivity index (χ3n) is 4.61. The molecule has 0 saturated heterocycles. The molecule has 3 aromatic carbocycles. The maximum Gasteiger partial charge on any atom is 0.248 e. The largest absolute Gasteiger partial charge is 0.508 e. The van der Waals surface area contributed by atoms with E-state index in [1.807, 2.05) is 48.6 Å². The van der Waals surface area contributed by atoms with E-state index in [9.17, 15) is 9.90 Å². The molecule has 0 radical (unpaired) electrons. The summed E-state index contributed by atoms with van der Waals surface area (Å²) in [7, 11) is 4.71. The maximum absolute atomic E-state index is 12.2. The highest BCUT2D eigenvalue weighted by molar-refractivity contribution is 6.02. The number of phenolic OH excluding ortho intramolecular Hbond substituents is 1. The van der Waals surface area contributed by atoms with Gasteiger partial charge in [0.1, 0.15) is 5.75 Å². The molecule has 164 valence electrons. The number of aromatic hydroxyl groups is 1. The van der Waals surface area contributed by atoms with Crippen LogP contribution >= 0.6 is 0 Å². The highest BCUT2D eigenvalue weighted by Crippen LogP contribution is 2.38. The normalized spacial score (nSPS) is 11.0. The third-order valence-corrected chi connectivity index (χ3v) is 4.61. The number of nitrogens with one attached hydrogen (secondary N) is 1. The lowest BCUT2D eigenvalue weighted by Gasteiger charge is -2.12. The van der Waals surface area contributed by atoms with Gasteiger partial charge >= 0.3 is 0 Å². The Morgan fingerprint density at radius 3 is 2.03 bits per heavy atom. The van der Waals surface area contributed by atoms with Gasteiger partial charge in [0.15, 0.2) is 11.5 Å². The van der Waals surface area contributed by atoms with Gasteiger partial charge < -0.3 is 24.6 Å². The van der Waals surface area contributed by atoms with Gasteiger partial charge in [-0.3, -0.25) is 4.79 Å². The second kappa shape index (κ2) is 10.7. The number of carbonyl (C=O) groups is 1. The topological polar surface area (TPSA) is 77.0 Å². The summed E-state index contributed by atoms with van der Waals surface area (Å²) in [6.45, 7) is 0. The second-order valence-electron chi connectivity index (χ2n) is 6.84. The van der Waals surface area contributed by atoms with E-state index in [1.54, 1.807) is 51.7 Å². The Morgan fingerprint density at radius 2 is 1.41 bits per heavy atom. The molecule has 2 N–H and O–H groups in total. The van der Waals surface area contributed by atoms with E-state index in [0.717, 1.165) is 16.7 Å². The fraction of sp³-hybridized carbons (Fsp3) is 0.115. The molecule has 0 saturated carbocycles. The number of rotatable bonds is 8. The number of carbonyl (C=O) groups excluding carboxylic acids is 1. The number of ether oxygens (including phenoxy) is 3. The molecule has 3 aromatic rings. The molecule has 0 atom stereocenters. The van der Waals surface area contributed by atoms with Crippen LogP contribution in [0.2, 0.25) is 0 Å². The minimum atomic E-state index is -0.265. The molecule has 0 bridgehead atoms. The van der Waals surface area contributed by atoms with Crippen LogP contribution in [0, 0.1) is 0 Å². The van der Waals surface area contributed by atoms with Crippen molar-refractivity contribution in [3.63, 3.8) is 0 Å². The molecule has 0 fully saturated rings. The van der Waals surface area contributed by atoms with Crippen molar-refractivity contribution in [3.8, 4) is 23.0 Å². The minimum absolute atomic E-state index is 0.152. The van der Waals surface area contributed by atoms with Gasteiger partial charge in [-0.05, 0) is 59.2 Å². The van der Waals surface area contributed by atoms with Gasteiger partial charge in [0.2, 0.25) is 11.7 Å². The van der Waals surface area contributed by atoms with Crippen molar-refractivity contribution >= 4 is 29.8 Å². The van der Waals surface area contributed by atoms with Gasteiger partial charge in [-0.2, -0.15) is 0 Å². The van der Waals surface area contributed by atoms with Crippen LogP contribution < -0.4 is 19.5 Å². The van der Waals surface area contributed by atoms with Crippen LogP contribution in [0.3, 0.4) is 0 Å². The molecule has 0 spiro atoms. The average Bonchev–Trinajstić information content (AvgIpc) is 2.81. The fourth-order valence-electron chi connectivity index (χ4n) is 3.09. The summed E-state index contributed by atoms with van der Waals surface area (Å²) in [5, 5.41) is 12.3. The Hall–Kier alpha value is -4.19. The van der Waals surface area contributed by atoms with Crippen molar-refractivity contribution in [2.75, 3.05) is 26.6 Å². The zero-order chi connectivity index (χ0) is 22.9. The van der Waals surface area contributed by atoms with E-state index in [4.69, 9.17) is 14.2 Å². The number of hydrogen-bond donors (Lipinski definition) is 2. The average molecular weight is 431 g/mol. The number of hydrogen-bond acceptors (Lipinski definition) is 5. The van der Waals surface area contributed by atoms with Gasteiger partial charge in [-0.15, -0.1) is 0 Å². The maximum atomic E-state index is 12.2. The SMILES string of the molecule is COc1cc(C=Cc2cccc(NC(=O)/C=C/c3cccc(O)c3)c2)cc(OC)c1OC. The molecule has 1 amide bonds. The molecule has 0 unspecified atom stereocenters. The van der Waals surface area contributed by atoms with Gasteiger partial charge in [-0.25, -0.2) is 0 Å². The Bertz CT molecular complexity index is 1130. The Kier molecular flexibility index (Phi) is 7.54. The third kappa shape index (κ3) is 5.92.